The van der Waals surface area contributed by atoms with Crippen molar-refractivity contribution in [1.82, 2.24) is 15.2 Å². The zero-order valence-corrected chi connectivity index (χ0v) is 19.3. The molecule has 0 spiro atoms. The van der Waals surface area contributed by atoms with Gasteiger partial charge in [-0.15, -0.1) is 0 Å². The van der Waals surface area contributed by atoms with Gasteiger partial charge in [0.15, 0.2) is 11.5 Å². The Morgan fingerprint density at radius 2 is 1.76 bits per heavy atom. The fourth-order valence-electron chi connectivity index (χ4n) is 4.02. The van der Waals surface area contributed by atoms with Gasteiger partial charge in [0.1, 0.15) is 6.61 Å². The molecule has 2 amide bonds. The van der Waals surface area contributed by atoms with Gasteiger partial charge in [-0.25, -0.2) is 0 Å². The third-order valence-corrected chi connectivity index (χ3v) is 5.99. The molecule has 34 heavy (non-hydrogen) atoms. The highest BCUT2D eigenvalue weighted by Crippen LogP contribution is 2.30. The van der Waals surface area contributed by atoms with E-state index in [1.807, 2.05) is 42.5 Å². The standard InChI is InChI=1S/C27H29N3O4/c1-33-25-16-23(9-10-24(25)34-19-20-6-3-2-4-7-20)27(32)30-14-11-22(12-15-30)26(31)29-18-21-8-5-13-28-17-21/h2-10,13,16-17,22H,11-12,14-15,18-19H2,1H3,(H,29,31). The van der Waals surface area contributed by atoms with Gasteiger partial charge in [0, 0.05) is 43.5 Å². The highest BCUT2D eigenvalue weighted by atomic mass is 16.5. The lowest BCUT2D eigenvalue weighted by Gasteiger charge is -2.31. The van der Waals surface area contributed by atoms with E-state index < -0.39 is 0 Å². The molecule has 1 aromatic heterocycles. The van der Waals surface area contributed by atoms with E-state index in [4.69, 9.17) is 9.47 Å². The molecular weight excluding hydrogens is 430 g/mol. The summed E-state index contributed by atoms with van der Waals surface area (Å²) in [5, 5.41) is 2.98. The summed E-state index contributed by atoms with van der Waals surface area (Å²) in [6.45, 7) is 1.96. The number of pyridine rings is 1. The Bertz CT molecular complexity index is 1100. The molecule has 3 aromatic rings. The molecule has 2 heterocycles. The third-order valence-electron chi connectivity index (χ3n) is 5.99. The van der Waals surface area contributed by atoms with Gasteiger partial charge in [-0.05, 0) is 48.2 Å². The smallest absolute Gasteiger partial charge is 0.253 e. The Morgan fingerprint density at radius 3 is 2.47 bits per heavy atom. The van der Waals surface area contributed by atoms with E-state index in [-0.39, 0.29) is 17.7 Å². The minimum Gasteiger partial charge on any atom is -0.493 e. The third kappa shape index (κ3) is 5.92. The first-order valence-corrected chi connectivity index (χ1v) is 11.4. The molecule has 0 radical (unpaired) electrons. The minimum atomic E-state index is -0.0935. The molecule has 4 rings (SSSR count). The van der Waals surface area contributed by atoms with Crippen LogP contribution in [0.4, 0.5) is 0 Å². The summed E-state index contributed by atoms with van der Waals surface area (Å²) in [6, 6.07) is 18.9. The highest BCUT2D eigenvalue weighted by Gasteiger charge is 2.28. The number of methoxy groups -OCH3 is 1. The fraction of sp³-hybridized carbons (Fsp3) is 0.296. The molecule has 1 aliphatic rings. The van der Waals surface area contributed by atoms with Crippen molar-refractivity contribution in [1.29, 1.82) is 0 Å². The normalized spacial score (nSPS) is 13.9. The summed E-state index contributed by atoms with van der Waals surface area (Å²) in [4.78, 5) is 31.5. The predicted molar refractivity (Wildman–Crippen MR) is 128 cm³/mol. The number of carbonyl (C=O) groups is 2. The largest absolute Gasteiger partial charge is 0.493 e. The number of hydrogen-bond donors (Lipinski definition) is 1. The van der Waals surface area contributed by atoms with Crippen molar-refractivity contribution in [3.63, 3.8) is 0 Å². The number of amides is 2. The lowest BCUT2D eigenvalue weighted by molar-refractivity contribution is -0.126. The van der Waals surface area contributed by atoms with Crippen molar-refractivity contribution >= 4 is 11.8 Å². The lowest BCUT2D eigenvalue weighted by atomic mass is 9.95. The van der Waals surface area contributed by atoms with Gasteiger partial charge in [0.25, 0.3) is 5.91 Å². The Morgan fingerprint density at radius 1 is 1.00 bits per heavy atom. The topological polar surface area (TPSA) is 80.8 Å². The van der Waals surface area contributed by atoms with Crippen LogP contribution in [0.25, 0.3) is 0 Å². The molecule has 1 N–H and O–H groups in total. The van der Waals surface area contributed by atoms with Crippen LogP contribution in [0, 0.1) is 5.92 Å². The van der Waals surface area contributed by atoms with Crippen LogP contribution < -0.4 is 14.8 Å². The van der Waals surface area contributed by atoms with E-state index in [0.717, 1.165) is 11.1 Å². The van der Waals surface area contributed by atoms with Crippen molar-refractivity contribution < 1.29 is 19.1 Å². The predicted octanol–water partition coefficient (Wildman–Crippen LogP) is 3.84. The average molecular weight is 460 g/mol. The molecule has 176 valence electrons. The summed E-state index contributed by atoms with van der Waals surface area (Å²) in [7, 11) is 1.56. The van der Waals surface area contributed by atoms with Gasteiger partial charge < -0.3 is 19.7 Å². The van der Waals surface area contributed by atoms with Gasteiger partial charge >= 0.3 is 0 Å². The van der Waals surface area contributed by atoms with Gasteiger partial charge in [-0.3, -0.25) is 14.6 Å². The zero-order chi connectivity index (χ0) is 23.8. The van der Waals surface area contributed by atoms with Crippen LogP contribution in [0.2, 0.25) is 0 Å². The van der Waals surface area contributed by atoms with Crippen LogP contribution in [0.5, 0.6) is 11.5 Å². The number of nitrogens with one attached hydrogen (secondary N) is 1. The Balaban J connectivity index is 1.30. The molecule has 0 bridgehead atoms. The van der Waals surface area contributed by atoms with Crippen molar-refractivity contribution in [2.24, 2.45) is 5.92 Å². The van der Waals surface area contributed by atoms with Gasteiger partial charge in [0.05, 0.1) is 7.11 Å². The summed E-state index contributed by atoms with van der Waals surface area (Å²) in [5.41, 5.74) is 2.56. The van der Waals surface area contributed by atoms with E-state index in [2.05, 4.69) is 10.3 Å². The van der Waals surface area contributed by atoms with Crippen molar-refractivity contribution in [3.05, 3.63) is 89.7 Å². The Hall–Kier alpha value is -3.87. The van der Waals surface area contributed by atoms with Crippen LogP contribution in [0.15, 0.2) is 73.1 Å². The van der Waals surface area contributed by atoms with Crippen LogP contribution in [0.3, 0.4) is 0 Å². The molecule has 7 heteroatoms. The molecule has 0 saturated carbocycles. The number of piperidine rings is 1. The second kappa shape index (κ2) is 11.3. The molecule has 1 fully saturated rings. The Kier molecular flexibility index (Phi) is 7.75. The maximum atomic E-state index is 13.1. The van der Waals surface area contributed by atoms with Gasteiger partial charge in [-0.2, -0.15) is 0 Å². The zero-order valence-electron chi connectivity index (χ0n) is 19.3. The van der Waals surface area contributed by atoms with Crippen LogP contribution in [-0.2, 0) is 17.9 Å². The molecular formula is C27H29N3O4. The molecule has 0 atom stereocenters. The van der Waals surface area contributed by atoms with Crippen molar-refractivity contribution in [3.8, 4) is 11.5 Å². The first kappa shape index (κ1) is 23.3. The minimum absolute atomic E-state index is 0.0255. The van der Waals surface area contributed by atoms with Crippen LogP contribution >= 0.6 is 0 Å². The number of hydrogen-bond acceptors (Lipinski definition) is 5. The number of nitrogens with zero attached hydrogens (tertiary/aromatic N) is 2. The maximum Gasteiger partial charge on any atom is 0.253 e. The maximum absolute atomic E-state index is 13.1. The first-order valence-electron chi connectivity index (χ1n) is 11.4. The number of benzene rings is 2. The average Bonchev–Trinajstić information content (AvgIpc) is 2.91. The van der Waals surface area contributed by atoms with E-state index >= 15 is 0 Å². The van der Waals surface area contributed by atoms with Crippen LogP contribution in [-0.4, -0.2) is 41.9 Å². The SMILES string of the molecule is COc1cc(C(=O)N2CCC(C(=O)NCc3cccnc3)CC2)ccc1OCc1ccccc1. The number of rotatable bonds is 8. The lowest BCUT2D eigenvalue weighted by Crippen LogP contribution is -2.42. The number of carbonyl (C=O) groups excluding carboxylic acids is 2. The molecule has 2 aromatic carbocycles. The Labute approximate surface area is 199 Å². The molecule has 1 saturated heterocycles. The number of ether oxygens (including phenoxy) is 2. The molecule has 0 unspecified atom stereocenters. The van der Waals surface area contributed by atoms with E-state index in [1.54, 1.807) is 42.6 Å². The summed E-state index contributed by atoms with van der Waals surface area (Å²) >= 11 is 0. The van der Waals surface area contributed by atoms with Crippen molar-refractivity contribution in [2.75, 3.05) is 20.2 Å². The first-order chi connectivity index (χ1) is 16.6. The highest BCUT2D eigenvalue weighted by molar-refractivity contribution is 5.95. The van der Waals surface area contributed by atoms with E-state index in [1.165, 1.54) is 0 Å². The number of aromatic nitrogens is 1. The summed E-state index contributed by atoms with van der Waals surface area (Å²) in [6.07, 6.45) is 4.73. The molecule has 1 aliphatic heterocycles. The summed E-state index contributed by atoms with van der Waals surface area (Å²) < 4.78 is 11.4. The second-order valence-electron chi connectivity index (χ2n) is 8.29. The second-order valence-corrected chi connectivity index (χ2v) is 8.29. The monoisotopic (exact) mass is 459 g/mol. The van der Waals surface area contributed by atoms with E-state index in [0.29, 0.717) is 56.1 Å². The number of likely N-dealkylation sites (tertiary alicyclic amines) is 1. The quantitative estimate of drug-likeness (QED) is 0.554. The van der Waals surface area contributed by atoms with Crippen LogP contribution in [0.1, 0.15) is 34.3 Å². The summed E-state index contributed by atoms with van der Waals surface area (Å²) in [5.74, 6) is 0.974. The van der Waals surface area contributed by atoms with Gasteiger partial charge in [-0.1, -0.05) is 36.4 Å². The fourth-order valence-corrected chi connectivity index (χ4v) is 4.02. The molecule has 7 nitrogen and oxygen atoms in total. The van der Waals surface area contributed by atoms with Gasteiger partial charge in [0.2, 0.25) is 5.91 Å². The van der Waals surface area contributed by atoms with E-state index in [9.17, 15) is 9.59 Å². The molecule has 0 aliphatic carbocycles. The van der Waals surface area contributed by atoms with Crippen molar-refractivity contribution in [2.45, 2.75) is 26.0 Å².